The summed E-state index contributed by atoms with van der Waals surface area (Å²) in [5.41, 5.74) is 0. The first-order chi connectivity index (χ1) is 6.43. The van der Waals surface area contributed by atoms with Gasteiger partial charge in [-0.25, -0.2) is 0 Å². The lowest BCUT2D eigenvalue weighted by molar-refractivity contribution is 1.47. The molecule has 1 aliphatic heterocycles. The van der Waals surface area contributed by atoms with Crippen molar-refractivity contribution in [2.75, 3.05) is 12.0 Å². The van der Waals surface area contributed by atoms with Gasteiger partial charge in [0.25, 0.3) is 0 Å². The zero-order valence-electron chi connectivity index (χ0n) is 7.47. The molecule has 1 aromatic rings. The monoisotopic (exact) mass is 228 g/mol. The molecule has 0 radical (unpaired) electrons. The predicted molar refractivity (Wildman–Crippen MR) is 67.4 cm³/mol. The molecular formula is C10H12S3. The molecule has 0 N–H and O–H groups in total. The second-order valence-corrected chi connectivity index (χ2v) is 5.47. The van der Waals surface area contributed by atoms with Gasteiger partial charge in [-0.05, 0) is 23.8 Å². The van der Waals surface area contributed by atoms with Crippen molar-refractivity contribution in [3.05, 3.63) is 41.8 Å². The van der Waals surface area contributed by atoms with Gasteiger partial charge in [0, 0.05) is 10.6 Å². The fraction of sp³-hybridized carbons (Fsp3) is 0.200. The Balaban J connectivity index is 0.000000145. The Hall–Kier alpha value is 0.01000. The molecule has 0 saturated carbocycles. The number of benzene rings is 1. The molecule has 0 spiro atoms. The van der Waals surface area contributed by atoms with Crippen LogP contribution in [0.4, 0.5) is 0 Å². The summed E-state index contributed by atoms with van der Waals surface area (Å²) in [7, 11) is 3.69. The summed E-state index contributed by atoms with van der Waals surface area (Å²) in [5, 5.41) is 2.12. The Morgan fingerprint density at radius 2 is 2.00 bits per heavy atom. The van der Waals surface area contributed by atoms with E-state index in [0.717, 1.165) is 0 Å². The summed E-state index contributed by atoms with van der Waals surface area (Å²) in [6, 6.07) is 10.3. The van der Waals surface area contributed by atoms with Crippen LogP contribution in [-0.4, -0.2) is 12.0 Å². The number of hydrogen-bond donors (Lipinski definition) is 0. The third-order valence-electron chi connectivity index (χ3n) is 1.36. The van der Waals surface area contributed by atoms with Gasteiger partial charge in [-0.15, -0.1) is 11.8 Å². The van der Waals surface area contributed by atoms with Crippen molar-refractivity contribution >= 4 is 33.3 Å². The fourth-order valence-corrected chi connectivity index (χ4v) is 2.75. The highest BCUT2D eigenvalue weighted by Gasteiger charge is 1.86. The third kappa shape index (κ3) is 5.34. The van der Waals surface area contributed by atoms with Crippen molar-refractivity contribution in [1.29, 1.82) is 0 Å². The third-order valence-corrected chi connectivity index (χ3v) is 4.02. The van der Waals surface area contributed by atoms with Crippen LogP contribution < -0.4 is 0 Å². The van der Waals surface area contributed by atoms with Crippen LogP contribution in [0.15, 0.2) is 46.7 Å². The SMILES string of the molecule is C1=CSSC1.CSc1ccccc1. The summed E-state index contributed by atoms with van der Waals surface area (Å²) in [5.74, 6) is 1.20. The van der Waals surface area contributed by atoms with Crippen LogP contribution in [-0.2, 0) is 0 Å². The molecule has 0 atom stereocenters. The summed E-state index contributed by atoms with van der Waals surface area (Å²) in [6.45, 7) is 0. The van der Waals surface area contributed by atoms with Crippen molar-refractivity contribution in [1.82, 2.24) is 0 Å². The molecule has 0 saturated heterocycles. The summed E-state index contributed by atoms with van der Waals surface area (Å²) < 4.78 is 0. The van der Waals surface area contributed by atoms with Gasteiger partial charge < -0.3 is 0 Å². The van der Waals surface area contributed by atoms with Gasteiger partial charge in [0.1, 0.15) is 0 Å². The van der Waals surface area contributed by atoms with Crippen molar-refractivity contribution in [2.24, 2.45) is 0 Å². The topological polar surface area (TPSA) is 0 Å². The van der Waals surface area contributed by atoms with E-state index in [0.29, 0.717) is 0 Å². The summed E-state index contributed by atoms with van der Waals surface area (Å²) in [4.78, 5) is 1.33. The van der Waals surface area contributed by atoms with E-state index in [9.17, 15) is 0 Å². The Labute approximate surface area is 92.0 Å². The van der Waals surface area contributed by atoms with Crippen LogP contribution in [0.5, 0.6) is 0 Å². The Kier molecular flexibility index (Phi) is 6.33. The van der Waals surface area contributed by atoms with Crippen LogP contribution in [0.25, 0.3) is 0 Å². The molecular weight excluding hydrogens is 216 g/mol. The maximum Gasteiger partial charge on any atom is 0.0229 e. The molecule has 0 unspecified atom stereocenters. The first-order valence-electron chi connectivity index (χ1n) is 3.96. The standard InChI is InChI=1S/C7H8S.C3H4S2/c1-8-7-5-3-2-4-6-7;1-2-4-5-3-1/h2-6H,1H3;1-2H,3H2. The van der Waals surface area contributed by atoms with Crippen LogP contribution in [0.2, 0.25) is 0 Å². The molecule has 0 bridgehead atoms. The smallest absolute Gasteiger partial charge is 0.0229 e. The molecule has 70 valence electrons. The van der Waals surface area contributed by atoms with Crippen LogP contribution in [0.3, 0.4) is 0 Å². The Morgan fingerprint density at radius 3 is 2.31 bits per heavy atom. The maximum atomic E-state index is 2.16. The van der Waals surface area contributed by atoms with E-state index >= 15 is 0 Å². The number of thioether (sulfide) groups is 1. The van der Waals surface area contributed by atoms with E-state index in [1.54, 1.807) is 11.8 Å². The Morgan fingerprint density at radius 1 is 1.23 bits per heavy atom. The van der Waals surface area contributed by atoms with Gasteiger partial charge >= 0.3 is 0 Å². The number of hydrogen-bond acceptors (Lipinski definition) is 3. The molecule has 0 aliphatic carbocycles. The van der Waals surface area contributed by atoms with Crippen LogP contribution >= 0.6 is 33.3 Å². The molecule has 0 aromatic heterocycles. The van der Waals surface area contributed by atoms with Gasteiger partial charge in [-0.1, -0.05) is 45.9 Å². The van der Waals surface area contributed by atoms with Crippen LogP contribution in [0.1, 0.15) is 0 Å². The van der Waals surface area contributed by atoms with Crippen LogP contribution in [0, 0.1) is 0 Å². The van der Waals surface area contributed by atoms with E-state index < -0.39 is 0 Å². The zero-order valence-corrected chi connectivity index (χ0v) is 9.92. The highest BCUT2D eigenvalue weighted by atomic mass is 33.1. The summed E-state index contributed by atoms with van der Waals surface area (Å²) in [6.07, 6.45) is 4.24. The fourth-order valence-electron chi connectivity index (χ4n) is 0.753. The molecule has 1 aromatic carbocycles. The maximum absolute atomic E-state index is 2.16. The average molecular weight is 228 g/mol. The van der Waals surface area contributed by atoms with E-state index in [-0.39, 0.29) is 0 Å². The average Bonchev–Trinajstić information content (AvgIpc) is 2.77. The predicted octanol–water partition coefficient (Wildman–Crippen LogP) is 4.30. The van der Waals surface area contributed by atoms with Crippen molar-refractivity contribution in [3.63, 3.8) is 0 Å². The van der Waals surface area contributed by atoms with Crippen molar-refractivity contribution < 1.29 is 0 Å². The number of rotatable bonds is 1. The lowest BCUT2D eigenvalue weighted by Gasteiger charge is -1.89. The lowest BCUT2D eigenvalue weighted by Crippen LogP contribution is -1.62. The zero-order chi connectivity index (χ0) is 9.36. The van der Waals surface area contributed by atoms with E-state index in [2.05, 4.69) is 29.9 Å². The molecule has 0 fully saturated rings. The second kappa shape index (κ2) is 7.42. The minimum absolute atomic E-state index is 1.20. The molecule has 13 heavy (non-hydrogen) atoms. The van der Waals surface area contributed by atoms with Gasteiger partial charge in [-0.3, -0.25) is 0 Å². The van der Waals surface area contributed by atoms with E-state index in [1.807, 2.05) is 39.8 Å². The van der Waals surface area contributed by atoms with Gasteiger partial charge in [0.2, 0.25) is 0 Å². The summed E-state index contributed by atoms with van der Waals surface area (Å²) >= 11 is 1.77. The van der Waals surface area contributed by atoms with E-state index in [1.165, 1.54) is 10.6 Å². The lowest BCUT2D eigenvalue weighted by atomic mass is 10.4. The van der Waals surface area contributed by atoms with E-state index in [4.69, 9.17) is 0 Å². The normalized spacial score (nSPS) is 13.6. The molecule has 3 heteroatoms. The largest absolute Gasteiger partial charge is 0.130 e. The second-order valence-electron chi connectivity index (χ2n) is 2.27. The van der Waals surface area contributed by atoms with Gasteiger partial charge in [-0.2, -0.15) is 0 Å². The quantitative estimate of drug-likeness (QED) is 0.519. The highest BCUT2D eigenvalue weighted by molar-refractivity contribution is 8.78. The Bertz CT molecular complexity index is 238. The van der Waals surface area contributed by atoms with Crippen molar-refractivity contribution in [3.8, 4) is 0 Å². The van der Waals surface area contributed by atoms with Gasteiger partial charge in [0.15, 0.2) is 0 Å². The molecule has 0 amide bonds. The molecule has 0 nitrogen and oxygen atoms in total. The minimum atomic E-state index is 1.20. The first-order valence-corrected chi connectivity index (χ1v) is 7.56. The van der Waals surface area contributed by atoms with Gasteiger partial charge in [0.05, 0.1) is 0 Å². The molecule has 2 rings (SSSR count). The van der Waals surface area contributed by atoms with Crippen molar-refractivity contribution in [2.45, 2.75) is 4.90 Å². The highest BCUT2D eigenvalue weighted by Crippen LogP contribution is 2.27. The first kappa shape index (κ1) is 11.1. The molecule has 1 aliphatic rings. The molecule has 1 heterocycles. The minimum Gasteiger partial charge on any atom is -0.130 e.